The molecule has 4 heterocycles. The average molecular weight is 477 g/mol. The molecule has 4 aromatic rings. The van der Waals surface area contributed by atoms with E-state index in [1.807, 2.05) is 36.3 Å². The monoisotopic (exact) mass is 476 g/mol. The lowest BCUT2D eigenvalue weighted by Crippen LogP contribution is -2.34. The lowest BCUT2D eigenvalue weighted by molar-refractivity contribution is 0.220. The predicted octanol–water partition coefficient (Wildman–Crippen LogP) is 4.03. The van der Waals surface area contributed by atoms with E-state index in [2.05, 4.69) is 28.8 Å². The lowest BCUT2D eigenvalue weighted by atomic mass is 10.0. The molecule has 1 aromatic carbocycles. The van der Waals surface area contributed by atoms with Crippen molar-refractivity contribution in [3.63, 3.8) is 0 Å². The van der Waals surface area contributed by atoms with Crippen molar-refractivity contribution in [2.45, 2.75) is 33.0 Å². The van der Waals surface area contributed by atoms with Crippen molar-refractivity contribution in [2.75, 3.05) is 25.1 Å². The van der Waals surface area contributed by atoms with Gasteiger partial charge in [-0.1, -0.05) is 0 Å². The van der Waals surface area contributed by atoms with Gasteiger partial charge in [0, 0.05) is 56.2 Å². The Morgan fingerprint density at radius 3 is 2.63 bits per heavy atom. The van der Waals surface area contributed by atoms with Crippen molar-refractivity contribution in [3.8, 4) is 16.9 Å². The standard InChI is InChI=1S/C26H29FN6O2/c1-16(2)32-7-8-33(26-20(14-32)18(15-34)10-23(35-4)25(26)27)24-6-5-21-22(30-24)9-17(11-28-21)19-12-29-31(3)13-19/h5-6,9-13,16,34H,7-8,14-15H2,1-4H3. The molecular weight excluding hydrogens is 447 g/mol. The van der Waals surface area contributed by atoms with Gasteiger partial charge in [0.05, 0.1) is 36.6 Å². The van der Waals surface area contributed by atoms with E-state index in [1.54, 1.807) is 23.1 Å². The maximum Gasteiger partial charge on any atom is 0.189 e. The first-order valence-electron chi connectivity index (χ1n) is 11.7. The van der Waals surface area contributed by atoms with Gasteiger partial charge in [-0.15, -0.1) is 0 Å². The zero-order valence-corrected chi connectivity index (χ0v) is 20.4. The number of methoxy groups -OCH3 is 1. The third kappa shape index (κ3) is 4.21. The van der Waals surface area contributed by atoms with Gasteiger partial charge in [-0.05, 0) is 49.2 Å². The molecule has 0 saturated carbocycles. The molecular formula is C26H29FN6O2. The van der Waals surface area contributed by atoms with Gasteiger partial charge in [-0.25, -0.2) is 9.37 Å². The zero-order chi connectivity index (χ0) is 24.7. The Hall–Kier alpha value is -3.56. The van der Waals surface area contributed by atoms with E-state index in [0.717, 1.165) is 22.2 Å². The number of aromatic nitrogens is 4. The number of aryl methyl sites for hydroxylation is 1. The van der Waals surface area contributed by atoms with Crippen LogP contribution in [0.25, 0.3) is 22.2 Å². The zero-order valence-electron chi connectivity index (χ0n) is 20.4. The minimum atomic E-state index is -0.450. The highest BCUT2D eigenvalue weighted by molar-refractivity contribution is 5.82. The molecule has 1 N–H and O–H groups in total. The van der Waals surface area contributed by atoms with Crippen LogP contribution >= 0.6 is 0 Å². The van der Waals surface area contributed by atoms with Crippen LogP contribution in [0, 0.1) is 5.82 Å². The lowest BCUT2D eigenvalue weighted by Gasteiger charge is -2.26. The van der Waals surface area contributed by atoms with Crippen LogP contribution in [-0.2, 0) is 20.2 Å². The fraction of sp³-hybridized carbons (Fsp3) is 0.346. The van der Waals surface area contributed by atoms with Gasteiger partial charge < -0.3 is 14.7 Å². The number of hydrogen-bond acceptors (Lipinski definition) is 7. The summed E-state index contributed by atoms with van der Waals surface area (Å²) in [4.78, 5) is 13.6. The summed E-state index contributed by atoms with van der Waals surface area (Å²) in [5, 5.41) is 14.4. The number of halogens is 1. The molecule has 0 aliphatic carbocycles. The Morgan fingerprint density at radius 2 is 1.94 bits per heavy atom. The van der Waals surface area contributed by atoms with Crippen molar-refractivity contribution >= 4 is 22.5 Å². The Labute approximate surface area is 203 Å². The molecule has 182 valence electrons. The fourth-order valence-electron chi connectivity index (χ4n) is 4.62. The van der Waals surface area contributed by atoms with Crippen LogP contribution in [0.5, 0.6) is 5.75 Å². The number of aliphatic hydroxyl groups excluding tert-OH is 1. The molecule has 8 nitrogen and oxygen atoms in total. The minimum Gasteiger partial charge on any atom is -0.494 e. The summed E-state index contributed by atoms with van der Waals surface area (Å²) in [7, 11) is 3.31. The molecule has 0 unspecified atom stereocenters. The Morgan fingerprint density at radius 1 is 1.11 bits per heavy atom. The van der Waals surface area contributed by atoms with Crippen LogP contribution in [0.1, 0.15) is 25.0 Å². The fourth-order valence-corrected chi connectivity index (χ4v) is 4.62. The van der Waals surface area contributed by atoms with Gasteiger partial charge in [0.15, 0.2) is 11.6 Å². The molecule has 0 spiro atoms. The smallest absolute Gasteiger partial charge is 0.189 e. The van der Waals surface area contributed by atoms with Crippen LogP contribution in [0.15, 0.2) is 42.9 Å². The molecule has 0 bridgehead atoms. The molecule has 1 aliphatic heterocycles. The van der Waals surface area contributed by atoms with Crippen LogP contribution < -0.4 is 9.64 Å². The number of anilines is 2. The third-order valence-electron chi connectivity index (χ3n) is 6.60. The molecule has 0 saturated heterocycles. The molecule has 1 aliphatic rings. The van der Waals surface area contributed by atoms with E-state index in [9.17, 15) is 5.11 Å². The van der Waals surface area contributed by atoms with Gasteiger partial charge in [-0.3, -0.25) is 14.6 Å². The van der Waals surface area contributed by atoms with Crippen molar-refractivity contribution in [1.82, 2.24) is 24.6 Å². The maximum absolute atomic E-state index is 15.8. The Balaban J connectivity index is 1.66. The number of rotatable bonds is 5. The predicted molar refractivity (Wildman–Crippen MR) is 133 cm³/mol. The van der Waals surface area contributed by atoms with E-state index in [0.29, 0.717) is 42.2 Å². The highest BCUT2D eigenvalue weighted by atomic mass is 19.1. The second kappa shape index (κ2) is 9.24. The van der Waals surface area contributed by atoms with Crippen LogP contribution in [0.2, 0.25) is 0 Å². The first-order valence-corrected chi connectivity index (χ1v) is 11.7. The molecule has 9 heteroatoms. The van der Waals surface area contributed by atoms with Gasteiger partial charge >= 0.3 is 0 Å². The number of hydrogen-bond donors (Lipinski definition) is 1. The molecule has 3 aromatic heterocycles. The van der Waals surface area contributed by atoms with Gasteiger partial charge in [-0.2, -0.15) is 5.10 Å². The number of benzene rings is 1. The van der Waals surface area contributed by atoms with Crippen molar-refractivity contribution in [3.05, 3.63) is 59.8 Å². The van der Waals surface area contributed by atoms with E-state index < -0.39 is 5.82 Å². The van der Waals surface area contributed by atoms with Crippen molar-refractivity contribution < 1.29 is 14.2 Å². The van der Waals surface area contributed by atoms with E-state index >= 15 is 4.39 Å². The summed E-state index contributed by atoms with van der Waals surface area (Å²) in [5.74, 6) is 0.275. The minimum absolute atomic E-state index is 0.108. The van der Waals surface area contributed by atoms with E-state index in [-0.39, 0.29) is 18.4 Å². The summed E-state index contributed by atoms with van der Waals surface area (Å²) >= 11 is 0. The largest absolute Gasteiger partial charge is 0.494 e. The van der Waals surface area contributed by atoms with Crippen molar-refractivity contribution in [1.29, 1.82) is 0 Å². The summed E-state index contributed by atoms with van der Waals surface area (Å²) in [6, 6.07) is 7.60. The first kappa shape index (κ1) is 23.2. The topological polar surface area (TPSA) is 79.5 Å². The molecule has 35 heavy (non-hydrogen) atoms. The number of pyridine rings is 2. The summed E-state index contributed by atoms with van der Waals surface area (Å²) in [5.41, 5.74) is 5.12. The first-order chi connectivity index (χ1) is 16.9. The summed E-state index contributed by atoms with van der Waals surface area (Å²) < 4.78 is 22.9. The molecule has 0 amide bonds. The van der Waals surface area contributed by atoms with Gasteiger partial charge in [0.25, 0.3) is 0 Å². The highest BCUT2D eigenvalue weighted by Gasteiger charge is 2.30. The normalized spacial score (nSPS) is 14.4. The number of nitrogens with zero attached hydrogens (tertiary/aromatic N) is 6. The van der Waals surface area contributed by atoms with Crippen LogP contribution in [0.4, 0.5) is 15.9 Å². The quantitative estimate of drug-likeness (QED) is 0.466. The Bertz CT molecular complexity index is 1390. The number of fused-ring (bicyclic) bond motifs is 2. The Kier molecular flexibility index (Phi) is 6.12. The van der Waals surface area contributed by atoms with Crippen LogP contribution in [0.3, 0.4) is 0 Å². The SMILES string of the molecule is COc1cc(CO)c2c(c1F)N(c1ccc3ncc(-c4cnn(C)c4)cc3n1)CCN(C(C)C)C2. The maximum atomic E-state index is 15.8. The average Bonchev–Trinajstić information content (AvgIpc) is 3.19. The van der Waals surface area contributed by atoms with Crippen molar-refractivity contribution in [2.24, 2.45) is 7.05 Å². The number of aliphatic hydroxyl groups is 1. The molecule has 0 fully saturated rings. The van der Waals surface area contributed by atoms with Gasteiger partial charge in [0.1, 0.15) is 5.82 Å². The van der Waals surface area contributed by atoms with Gasteiger partial charge in [0.2, 0.25) is 0 Å². The second-order valence-corrected chi connectivity index (χ2v) is 9.09. The third-order valence-corrected chi connectivity index (χ3v) is 6.60. The highest BCUT2D eigenvalue weighted by Crippen LogP contribution is 2.40. The molecule has 0 atom stereocenters. The summed E-state index contributed by atoms with van der Waals surface area (Å²) in [6.07, 6.45) is 5.52. The second-order valence-electron chi connectivity index (χ2n) is 9.09. The molecule has 0 radical (unpaired) electrons. The molecule has 5 rings (SSSR count). The van der Waals surface area contributed by atoms with E-state index in [1.165, 1.54) is 7.11 Å². The summed E-state index contributed by atoms with van der Waals surface area (Å²) in [6.45, 7) is 5.81. The van der Waals surface area contributed by atoms with E-state index in [4.69, 9.17) is 9.72 Å². The number of ether oxygens (including phenoxy) is 1. The van der Waals surface area contributed by atoms with Crippen LogP contribution in [-0.4, -0.2) is 56.0 Å².